The second kappa shape index (κ2) is 26.9. The Morgan fingerprint density at radius 3 is 1.16 bits per heavy atom. The Bertz CT molecular complexity index is 1130. The van der Waals surface area contributed by atoms with Crippen molar-refractivity contribution >= 4 is 34.5 Å². The van der Waals surface area contributed by atoms with Crippen LogP contribution >= 0.6 is 0 Å². The Hall–Kier alpha value is -1.83. The van der Waals surface area contributed by atoms with Crippen LogP contribution < -0.4 is 57.1 Å². The van der Waals surface area contributed by atoms with Gasteiger partial charge in [-0.1, -0.05) is 25.1 Å². The molecule has 0 saturated carbocycles. The number of carbonyl (C=O) groups excluding carboxylic acids is 4. The maximum Gasteiger partial charge on any atom is 1.00 e. The van der Waals surface area contributed by atoms with Crippen molar-refractivity contribution in [1.82, 2.24) is 4.90 Å². The van der Waals surface area contributed by atoms with Gasteiger partial charge in [0.2, 0.25) is 12.2 Å². The van der Waals surface area contributed by atoms with E-state index in [-0.39, 0.29) is 63.7 Å². The van der Waals surface area contributed by atoms with Crippen molar-refractivity contribution < 1.29 is 107 Å². The number of benzene rings is 1. The molecule has 0 fully saturated rings. The molecule has 3 N–H and O–H groups in total. The number of carbonyl (C=O) groups is 4. The van der Waals surface area contributed by atoms with Gasteiger partial charge in [0.1, 0.15) is 22.4 Å². The number of ether oxygens (including phenoxy) is 4. The van der Waals surface area contributed by atoms with Gasteiger partial charge in [0, 0.05) is 14.2 Å². The van der Waals surface area contributed by atoms with E-state index >= 15 is 0 Å². The number of hydrogen-bond donors (Lipinski definition) is 2. The molecule has 0 aliphatic heterocycles. The molecule has 0 saturated heterocycles. The van der Waals surface area contributed by atoms with Crippen LogP contribution in [0.1, 0.15) is 96.1 Å². The third-order valence-electron chi connectivity index (χ3n) is 3.83. The number of imide groups is 2. The van der Waals surface area contributed by atoms with E-state index in [2.05, 4.69) is 15.2 Å². The van der Waals surface area contributed by atoms with E-state index in [4.69, 9.17) is 24.1 Å². The summed E-state index contributed by atoms with van der Waals surface area (Å²) in [5.74, 6) is 0. The van der Waals surface area contributed by atoms with Crippen LogP contribution in [0.4, 0.5) is 19.2 Å². The van der Waals surface area contributed by atoms with E-state index in [9.17, 15) is 27.6 Å². The molecule has 0 unspecified atom stereocenters. The van der Waals surface area contributed by atoms with Crippen molar-refractivity contribution in [2.24, 2.45) is 5.73 Å². The van der Waals surface area contributed by atoms with Crippen LogP contribution in [0.2, 0.25) is 0 Å². The predicted octanol–water partition coefficient (Wildman–Crippen LogP) is 4.17. The van der Waals surface area contributed by atoms with Gasteiger partial charge in [0.25, 0.3) is 10.1 Å². The molecule has 1 aromatic carbocycles. The van der Waals surface area contributed by atoms with Crippen molar-refractivity contribution in [3.63, 3.8) is 0 Å². The molecular weight excluding hydrogens is 690 g/mol. The van der Waals surface area contributed by atoms with Crippen LogP contribution in [0.15, 0.2) is 29.2 Å². The number of hydrogen-bond acceptors (Lipinski definition) is 13. The van der Waals surface area contributed by atoms with Crippen molar-refractivity contribution in [3.05, 3.63) is 35.1 Å². The fraction of sp³-hybridized carbons (Fsp3) is 0.688. The molecule has 49 heavy (non-hydrogen) atoms. The van der Waals surface area contributed by atoms with E-state index < -0.39 is 56.9 Å². The summed E-state index contributed by atoms with van der Waals surface area (Å²) in [5, 5.41) is 10.1. The molecule has 0 atom stereocenters. The third-order valence-corrected chi connectivity index (χ3v) is 5.12. The zero-order valence-electron chi connectivity index (χ0n) is 32.1. The van der Waals surface area contributed by atoms with Crippen LogP contribution in [-0.2, 0) is 33.2 Å². The summed E-state index contributed by atoms with van der Waals surface area (Å²) in [6.07, 6.45) is -3.31. The van der Waals surface area contributed by atoms with E-state index in [1.54, 1.807) is 95.2 Å². The van der Waals surface area contributed by atoms with Crippen LogP contribution in [0.5, 0.6) is 0 Å². The quantitative estimate of drug-likeness (QED) is 0.247. The summed E-state index contributed by atoms with van der Waals surface area (Å²) in [4.78, 5) is 46.1. The topological polar surface area (TPSA) is 212 Å². The van der Waals surface area contributed by atoms with Gasteiger partial charge in [-0.15, -0.1) is 0 Å². The molecule has 0 spiro atoms. The Kier molecular flexibility index (Phi) is 32.6. The second-order valence-corrected chi connectivity index (χ2v) is 14.7. The number of rotatable bonds is 2. The van der Waals surface area contributed by atoms with Gasteiger partial charge in [0.15, 0.2) is 0 Å². The van der Waals surface area contributed by atoms with E-state index in [0.29, 0.717) is 0 Å². The minimum absolute atomic E-state index is 0. The summed E-state index contributed by atoms with van der Waals surface area (Å²) in [6.45, 7) is 22.4. The van der Waals surface area contributed by atoms with E-state index in [1.165, 1.54) is 26.2 Å². The summed E-state index contributed by atoms with van der Waals surface area (Å²) >= 11 is 0. The molecule has 17 heteroatoms. The molecule has 284 valence electrons. The van der Waals surface area contributed by atoms with Gasteiger partial charge in [-0.25, -0.2) is 14.5 Å². The molecule has 1 aromatic rings. The van der Waals surface area contributed by atoms with Gasteiger partial charge in [-0.2, -0.15) is 8.42 Å². The smallest absolute Gasteiger partial charge is 0.524 e. The van der Waals surface area contributed by atoms with Crippen molar-refractivity contribution in [1.29, 1.82) is 0 Å². The number of nitrogens with two attached hydrogens (primary N) is 1. The van der Waals surface area contributed by atoms with Crippen molar-refractivity contribution in [3.8, 4) is 0 Å². The van der Waals surface area contributed by atoms with Gasteiger partial charge >= 0.3 is 63.6 Å². The Morgan fingerprint density at radius 2 is 0.939 bits per heavy atom. The SMILES string of the molecule is C.CC(C)(C)OC(=O)[N-]C(=O)OC(C)(C)C.CN.CN(C(=O)OC(C)(C)C)C(=O)OC(C)(C)C.CO.COS(=O)(=O)c1ccc(C)cc1.[K+]. The largest absolute Gasteiger partial charge is 1.00 e. The van der Waals surface area contributed by atoms with Crippen molar-refractivity contribution in [2.75, 3.05) is 28.3 Å². The molecule has 15 nitrogen and oxygen atoms in total. The number of aliphatic hydroxyl groups excluding tert-OH is 1. The van der Waals surface area contributed by atoms with Gasteiger partial charge in [-0.3, -0.25) is 13.8 Å². The first-order chi connectivity index (χ1) is 21.0. The van der Waals surface area contributed by atoms with E-state index in [1.807, 2.05) is 6.92 Å². The predicted molar refractivity (Wildman–Crippen MR) is 186 cm³/mol. The van der Waals surface area contributed by atoms with Crippen LogP contribution in [0.3, 0.4) is 0 Å². The standard InChI is InChI=1S/C11H21NO4.C10H19NO4.C8H10O3S.CH5N.CH4O.CH4.K/c1-10(2,3)15-8(13)12(7)9(14)16-11(4,5)6;1-9(2,3)14-7(12)11-8(13)15-10(4,5)6;1-7-3-5-8(6-4-7)12(9,10)11-2;2*1-2;;/h1-7H3;1-6H3,(H,11,12,13);3-6H,1-2H3;2H2,1H3;2H,1H3;1H4;/q;;;;;;+1/p-1. The maximum atomic E-state index is 11.5. The zero-order chi connectivity index (χ0) is 38.6. The fourth-order valence-electron chi connectivity index (χ4n) is 2.18. The molecule has 4 amide bonds. The van der Waals surface area contributed by atoms with Crippen molar-refractivity contribution in [2.45, 2.75) is 125 Å². The Labute approximate surface area is 337 Å². The number of nitrogens with zero attached hydrogens (tertiary/aromatic N) is 2. The number of aliphatic hydroxyl groups is 1. The molecule has 0 aliphatic carbocycles. The number of amides is 4. The molecule has 0 radical (unpaired) electrons. The average Bonchev–Trinajstić information content (AvgIpc) is 2.87. The molecule has 0 aromatic heterocycles. The monoisotopic (exact) mass is 751 g/mol. The first kappa shape index (κ1) is 59.3. The third kappa shape index (κ3) is 37.3. The van der Waals surface area contributed by atoms with Crippen LogP contribution in [0.25, 0.3) is 5.32 Å². The molecule has 0 aliphatic rings. The van der Waals surface area contributed by atoms with Gasteiger partial charge < -0.3 is 35.1 Å². The molecule has 0 bridgehead atoms. The van der Waals surface area contributed by atoms with Crippen LogP contribution in [-0.4, -0.2) is 93.5 Å². The fourth-order valence-corrected chi connectivity index (χ4v) is 2.84. The minimum atomic E-state index is -3.51. The summed E-state index contributed by atoms with van der Waals surface area (Å²) in [7, 11) is 1.45. The van der Waals surface area contributed by atoms with Gasteiger partial charge in [-0.05, 0) is 109 Å². The summed E-state index contributed by atoms with van der Waals surface area (Å²) < 4.78 is 46.2. The van der Waals surface area contributed by atoms with E-state index in [0.717, 1.165) is 24.7 Å². The average molecular weight is 752 g/mol. The molecular formula is C32H62KN3O12S. The summed E-state index contributed by atoms with van der Waals surface area (Å²) in [6, 6.07) is 6.50. The zero-order valence-corrected chi connectivity index (χ0v) is 36.1. The Balaban J connectivity index is -0.000000133. The normalized spacial score (nSPS) is 10.6. The second-order valence-electron chi connectivity index (χ2n) is 13.0. The van der Waals surface area contributed by atoms with Crippen LogP contribution in [0, 0.1) is 6.92 Å². The maximum absolute atomic E-state index is 11.5. The summed E-state index contributed by atoms with van der Waals surface area (Å²) in [5.41, 5.74) is 2.93. The molecule has 1 rings (SSSR count). The minimum Gasteiger partial charge on any atom is -0.524 e. The first-order valence-electron chi connectivity index (χ1n) is 14.2. The van der Waals surface area contributed by atoms with Gasteiger partial charge in [0.05, 0.1) is 12.0 Å². The first-order valence-corrected chi connectivity index (χ1v) is 15.7. The number of aryl methyl sites for hydroxylation is 1. The molecule has 0 heterocycles. The Morgan fingerprint density at radius 1 is 0.673 bits per heavy atom.